The van der Waals surface area contributed by atoms with E-state index in [2.05, 4.69) is 10.6 Å². The van der Waals surface area contributed by atoms with E-state index >= 15 is 0 Å². The average molecular weight is 304 g/mol. The average Bonchev–Trinajstić information content (AvgIpc) is 2.29. The van der Waals surface area contributed by atoms with Crippen LogP contribution in [0.4, 0.5) is 4.79 Å². The molecule has 7 heteroatoms. The number of amides is 2. The molecule has 20 heavy (non-hydrogen) atoms. The van der Waals surface area contributed by atoms with Crippen molar-refractivity contribution in [2.24, 2.45) is 5.41 Å². The molecule has 2 unspecified atom stereocenters. The first kappa shape index (κ1) is 16.9. The number of hydrogen-bond donors (Lipinski definition) is 3. The molecule has 0 radical (unpaired) electrons. The Morgan fingerprint density at radius 2 is 2.05 bits per heavy atom. The number of urea groups is 1. The van der Waals surface area contributed by atoms with Crippen LogP contribution in [0, 0.1) is 5.41 Å². The van der Waals surface area contributed by atoms with E-state index in [1.165, 1.54) is 0 Å². The predicted molar refractivity (Wildman–Crippen MR) is 78.1 cm³/mol. The van der Waals surface area contributed by atoms with Gasteiger partial charge in [0.1, 0.15) is 0 Å². The molecule has 0 aromatic carbocycles. The summed E-state index contributed by atoms with van der Waals surface area (Å²) in [6.07, 6.45) is 5.14. The van der Waals surface area contributed by atoms with Crippen molar-refractivity contribution in [3.63, 3.8) is 0 Å². The molecule has 1 aliphatic rings. The van der Waals surface area contributed by atoms with Crippen LogP contribution in [-0.2, 0) is 15.6 Å². The van der Waals surface area contributed by atoms with Crippen LogP contribution in [0.1, 0.15) is 39.0 Å². The minimum Gasteiger partial charge on any atom is -0.481 e. The summed E-state index contributed by atoms with van der Waals surface area (Å²) >= 11 is 0. The monoisotopic (exact) mass is 304 g/mol. The van der Waals surface area contributed by atoms with Crippen LogP contribution in [0.2, 0.25) is 0 Å². The van der Waals surface area contributed by atoms with Gasteiger partial charge in [-0.25, -0.2) is 4.79 Å². The van der Waals surface area contributed by atoms with Gasteiger partial charge in [-0.15, -0.1) is 0 Å². The van der Waals surface area contributed by atoms with Crippen molar-refractivity contribution in [2.45, 2.75) is 45.1 Å². The summed E-state index contributed by atoms with van der Waals surface area (Å²) in [6.45, 7) is 2.26. The zero-order valence-electron chi connectivity index (χ0n) is 12.1. The maximum atomic E-state index is 11.7. The van der Waals surface area contributed by atoms with Crippen LogP contribution >= 0.6 is 0 Å². The van der Waals surface area contributed by atoms with E-state index < -0.39 is 16.8 Å². The minimum absolute atomic E-state index is 0.0456. The largest absolute Gasteiger partial charge is 0.481 e. The minimum atomic E-state index is -0.855. The Morgan fingerprint density at radius 1 is 1.40 bits per heavy atom. The molecule has 1 aliphatic carbocycles. The molecule has 2 amide bonds. The van der Waals surface area contributed by atoms with Gasteiger partial charge in [-0.1, -0.05) is 6.42 Å². The topological polar surface area (TPSA) is 95.5 Å². The van der Waals surface area contributed by atoms with Crippen molar-refractivity contribution in [1.29, 1.82) is 0 Å². The first-order chi connectivity index (χ1) is 9.33. The van der Waals surface area contributed by atoms with Gasteiger partial charge in [0.2, 0.25) is 0 Å². The number of carbonyl (C=O) groups excluding carboxylic acids is 1. The molecule has 2 atom stereocenters. The molecule has 0 saturated heterocycles. The third-order valence-electron chi connectivity index (χ3n) is 3.78. The lowest BCUT2D eigenvalue weighted by Crippen LogP contribution is -2.48. The second-order valence-electron chi connectivity index (χ2n) is 5.72. The summed E-state index contributed by atoms with van der Waals surface area (Å²) in [7, 11) is -0.855. The second-order valence-corrected chi connectivity index (χ2v) is 7.27. The molecule has 0 spiro atoms. The van der Waals surface area contributed by atoms with E-state index in [-0.39, 0.29) is 23.9 Å². The number of carbonyl (C=O) groups is 2. The highest BCUT2D eigenvalue weighted by atomic mass is 32.2. The van der Waals surface area contributed by atoms with E-state index in [1.807, 2.05) is 6.92 Å². The van der Waals surface area contributed by atoms with Crippen molar-refractivity contribution in [3.8, 4) is 0 Å². The number of aliphatic carboxylic acids is 1. The molecular weight excluding hydrogens is 280 g/mol. The van der Waals surface area contributed by atoms with Crippen molar-refractivity contribution in [3.05, 3.63) is 0 Å². The van der Waals surface area contributed by atoms with Crippen LogP contribution in [0.25, 0.3) is 0 Å². The highest BCUT2D eigenvalue weighted by molar-refractivity contribution is 7.84. The first-order valence-electron chi connectivity index (χ1n) is 6.89. The van der Waals surface area contributed by atoms with Crippen molar-refractivity contribution < 1.29 is 18.9 Å². The van der Waals surface area contributed by atoms with Gasteiger partial charge in [-0.05, 0) is 31.6 Å². The molecule has 3 N–H and O–H groups in total. The molecular formula is C13H24N2O4S. The van der Waals surface area contributed by atoms with Crippen molar-refractivity contribution in [2.75, 3.05) is 18.6 Å². The lowest BCUT2D eigenvalue weighted by molar-refractivity contribution is -0.141. The molecule has 0 heterocycles. The van der Waals surface area contributed by atoms with Crippen molar-refractivity contribution >= 4 is 22.8 Å². The van der Waals surface area contributed by atoms with E-state index in [1.54, 1.807) is 6.26 Å². The highest BCUT2D eigenvalue weighted by Gasteiger charge is 2.39. The fraction of sp³-hybridized carbons (Fsp3) is 0.846. The summed E-state index contributed by atoms with van der Waals surface area (Å²) in [5, 5.41) is 14.4. The lowest BCUT2D eigenvalue weighted by Gasteiger charge is -2.40. The molecule has 0 aromatic rings. The number of hydrogen-bond acceptors (Lipinski definition) is 3. The summed E-state index contributed by atoms with van der Waals surface area (Å²) in [5.41, 5.74) is -0.267. The summed E-state index contributed by atoms with van der Waals surface area (Å²) in [4.78, 5) is 22.5. The number of carboxylic acid groups (broad SMARTS) is 1. The van der Waals surface area contributed by atoms with Gasteiger partial charge in [0.15, 0.2) is 0 Å². The smallest absolute Gasteiger partial charge is 0.315 e. The zero-order chi connectivity index (χ0) is 15.2. The number of nitrogens with one attached hydrogen (secondary N) is 2. The van der Waals surface area contributed by atoms with Gasteiger partial charge in [0.05, 0.1) is 6.42 Å². The molecule has 0 bridgehead atoms. The Labute approximate surface area is 122 Å². The molecule has 0 aliphatic heterocycles. The van der Waals surface area contributed by atoms with Crippen molar-refractivity contribution in [1.82, 2.24) is 10.6 Å². The normalized spacial score (nSPS) is 19.5. The number of rotatable bonds is 8. The predicted octanol–water partition coefficient (Wildman–Crippen LogP) is 1.09. The van der Waals surface area contributed by atoms with E-state index in [0.717, 1.165) is 19.3 Å². The van der Waals surface area contributed by atoms with Gasteiger partial charge < -0.3 is 15.7 Å². The third-order valence-corrected chi connectivity index (χ3v) is 4.59. The maximum absolute atomic E-state index is 11.7. The van der Waals surface area contributed by atoms with Gasteiger partial charge in [0.25, 0.3) is 0 Å². The molecule has 1 saturated carbocycles. The zero-order valence-corrected chi connectivity index (χ0v) is 12.9. The van der Waals surface area contributed by atoms with Gasteiger partial charge >= 0.3 is 12.0 Å². The second kappa shape index (κ2) is 7.61. The van der Waals surface area contributed by atoms with Gasteiger partial charge in [-0.2, -0.15) is 0 Å². The van der Waals surface area contributed by atoms with Crippen LogP contribution < -0.4 is 10.6 Å². The molecule has 1 fully saturated rings. The maximum Gasteiger partial charge on any atom is 0.315 e. The van der Waals surface area contributed by atoms with Crippen LogP contribution in [-0.4, -0.2) is 45.9 Å². The Bertz CT molecular complexity index is 383. The van der Waals surface area contributed by atoms with Crippen LogP contribution in [0.15, 0.2) is 0 Å². The summed E-state index contributed by atoms with van der Waals surface area (Å²) < 4.78 is 11.0. The van der Waals surface area contributed by atoms with E-state index in [4.69, 9.17) is 5.11 Å². The molecule has 0 aromatic heterocycles. The fourth-order valence-electron chi connectivity index (χ4n) is 2.37. The van der Waals surface area contributed by atoms with E-state index in [0.29, 0.717) is 18.7 Å². The molecule has 116 valence electrons. The fourth-order valence-corrected chi connectivity index (χ4v) is 3.06. The molecule has 6 nitrogen and oxygen atoms in total. The lowest BCUT2D eigenvalue weighted by atomic mass is 9.66. The standard InChI is InChI=1S/C13H24N2O4S/c1-10(4-7-20(2)19)15-12(18)14-9-13(5-3-6-13)8-11(16)17/h10H,3-9H2,1-2H3,(H,16,17)(H2,14,15,18). The van der Waals surface area contributed by atoms with Crippen LogP contribution in [0.5, 0.6) is 0 Å². The first-order valence-corrected chi connectivity index (χ1v) is 8.62. The van der Waals surface area contributed by atoms with E-state index in [9.17, 15) is 13.8 Å². The quantitative estimate of drug-likeness (QED) is 0.625. The third kappa shape index (κ3) is 5.90. The summed E-state index contributed by atoms with van der Waals surface area (Å²) in [6, 6.07) is -0.327. The van der Waals surface area contributed by atoms with Gasteiger partial charge in [-0.3, -0.25) is 9.00 Å². The Balaban J connectivity index is 2.28. The summed E-state index contributed by atoms with van der Waals surface area (Å²) in [5.74, 6) is -0.254. The number of carboxylic acids is 1. The Morgan fingerprint density at radius 3 is 2.50 bits per heavy atom. The molecule has 1 rings (SSSR count). The van der Waals surface area contributed by atoms with Crippen LogP contribution in [0.3, 0.4) is 0 Å². The Kier molecular flexibility index (Phi) is 6.45. The SMILES string of the molecule is CC(CCS(C)=O)NC(=O)NCC1(CC(=O)O)CCC1. The highest BCUT2D eigenvalue weighted by Crippen LogP contribution is 2.43. The van der Waals surface area contributed by atoms with Gasteiger partial charge in [0, 0.05) is 35.4 Å². The Hall–Kier alpha value is -1.11.